The van der Waals surface area contributed by atoms with Crippen LogP contribution in [0.3, 0.4) is 0 Å². The van der Waals surface area contributed by atoms with Crippen molar-refractivity contribution in [2.75, 3.05) is 26.2 Å². The number of furan rings is 1. The summed E-state index contributed by atoms with van der Waals surface area (Å²) in [5.74, 6) is 1.00. The number of hydrogen-bond acceptors (Lipinski definition) is 4. The van der Waals surface area contributed by atoms with Crippen molar-refractivity contribution in [3.8, 4) is 0 Å². The Morgan fingerprint density at radius 1 is 1.18 bits per heavy atom. The number of benzene rings is 1. The van der Waals surface area contributed by atoms with E-state index in [1.807, 2.05) is 30.3 Å². The van der Waals surface area contributed by atoms with Gasteiger partial charge in [0.1, 0.15) is 11.4 Å². The molecule has 0 saturated carbocycles. The quantitative estimate of drug-likeness (QED) is 0.831. The van der Waals surface area contributed by atoms with Gasteiger partial charge in [-0.1, -0.05) is 30.3 Å². The van der Waals surface area contributed by atoms with E-state index in [0.717, 1.165) is 12.2 Å². The lowest BCUT2D eigenvalue weighted by Gasteiger charge is -2.37. The van der Waals surface area contributed by atoms with Gasteiger partial charge in [0.2, 0.25) is 0 Å². The Balaban J connectivity index is 1.29. The summed E-state index contributed by atoms with van der Waals surface area (Å²) in [6, 6.07) is 14.0. The normalized spacial score (nSPS) is 19.1. The Morgan fingerprint density at radius 2 is 1.96 bits per heavy atom. The molecule has 4 rings (SSSR count). The Morgan fingerprint density at radius 3 is 2.61 bits per heavy atom. The molecule has 3 amide bonds. The molecule has 2 fully saturated rings. The van der Waals surface area contributed by atoms with Crippen LogP contribution in [0.25, 0.3) is 0 Å². The molecule has 148 valence electrons. The highest BCUT2D eigenvalue weighted by Gasteiger charge is 2.43. The standard InChI is InChI=1S/C21H25N3O4/c25-19(24-12-9-21(10-13-24)15-23-20(26)28-21)22-11-8-17(18-7-4-14-27-18)16-5-2-1-3-6-16/h1-7,14,17H,8-13,15H2,(H,22,25)(H,23,26)/t17-/m0/s1. The molecular formula is C21H25N3O4. The minimum Gasteiger partial charge on any atom is -0.469 e. The molecule has 0 radical (unpaired) electrons. The number of nitrogens with one attached hydrogen (secondary N) is 2. The van der Waals surface area contributed by atoms with Crippen molar-refractivity contribution in [3.63, 3.8) is 0 Å². The summed E-state index contributed by atoms with van der Waals surface area (Å²) in [7, 11) is 0. The maximum Gasteiger partial charge on any atom is 0.407 e. The van der Waals surface area contributed by atoms with Crippen LogP contribution in [0.2, 0.25) is 0 Å². The van der Waals surface area contributed by atoms with Crippen molar-refractivity contribution < 1.29 is 18.7 Å². The number of urea groups is 1. The maximum atomic E-state index is 12.5. The third kappa shape index (κ3) is 3.98. The van der Waals surface area contributed by atoms with E-state index >= 15 is 0 Å². The fraction of sp³-hybridized carbons (Fsp3) is 0.429. The van der Waals surface area contributed by atoms with E-state index in [9.17, 15) is 9.59 Å². The average molecular weight is 383 g/mol. The first-order valence-electron chi connectivity index (χ1n) is 9.73. The van der Waals surface area contributed by atoms with Crippen molar-refractivity contribution >= 4 is 12.1 Å². The fourth-order valence-electron chi connectivity index (χ4n) is 3.98. The van der Waals surface area contributed by atoms with Crippen LogP contribution in [-0.4, -0.2) is 48.8 Å². The molecule has 1 aromatic heterocycles. The summed E-state index contributed by atoms with van der Waals surface area (Å²) >= 11 is 0. The number of hydrogen-bond donors (Lipinski definition) is 2. The van der Waals surface area contributed by atoms with Crippen LogP contribution < -0.4 is 10.6 Å². The molecule has 0 aliphatic carbocycles. The van der Waals surface area contributed by atoms with E-state index in [2.05, 4.69) is 22.8 Å². The zero-order valence-corrected chi connectivity index (χ0v) is 15.7. The molecule has 7 heteroatoms. The summed E-state index contributed by atoms with van der Waals surface area (Å²) in [4.78, 5) is 25.6. The largest absolute Gasteiger partial charge is 0.469 e. The van der Waals surface area contributed by atoms with Crippen LogP contribution in [0.5, 0.6) is 0 Å². The first kappa shape index (κ1) is 18.4. The topological polar surface area (TPSA) is 83.8 Å². The predicted octanol–water partition coefficient (Wildman–Crippen LogP) is 3.09. The average Bonchev–Trinajstić information content (AvgIpc) is 3.37. The summed E-state index contributed by atoms with van der Waals surface area (Å²) in [6.45, 7) is 2.25. The molecule has 1 atom stereocenters. The second-order valence-electron chi connectivity index (χ2n) is 7.41. The summed E-state index contributed by atoms with van der Waals surface area (Å²) < 4.78 is 11.0. The number of nitrogens with zero attached hydrogens (tertiary/aromatic N) is 1. The van der Waals surface area contributed by atoms with Crippen LogP contribution in [0.1, 0.15) is 36.5 Å². The summed E-state index contributed by atoms with van der Waals surface area (Å²) in [6.07, 6.45) is 3.40. The zero-order chi connectivity index (χ0) is 19.4. The second kappa shape index (κ2) is 7.96. The van der Waals surface area contributed by atoms with Crippen LogP contribution in [0.15, 0.2) is 53.1 Å². The van der Waals surface area contributed by atoms with Gasteiger partial charge in [0.05, 0.1) is 12.8 Å². The lowest BCUT2D eigenvalue weighted by Crippen LogP contribution is -2.51. The molecule has 2 N–H and O–H groups in total. The molecule has 2 aliphatic rings. The van der Waals surface area contributed by atoms with Gasteiger partial charge < -0.3 is 24.7 Å². The Kier molecular flexibility index (Phi) is 5.23. The van der Waals surface area contributed by atoms with Crippen molar-refractivity contribution in [2.45, 2.75) is 30.8 Å². The highest BCUT2D eigenvalue weighted by Crippen LogP contribution is 2.30. The van der Waals surface area contributed by atoms with Crippen LogP contribution in [0, 0.1) is 0 Å². The monoisotopic (exact) mass is 383 g/mol. The number of carbonyl (C=O) groups excluding carboxylic acids is 2. The van der Waals surface area contributed by atoms with Crippen LogP contribution in [0.4, 0.5) is 9.59 Å². The van der Waals surface area contributed by atoms with Crippen molar-refractivity contribution in [3.05, 3.63) is 60.1 Å². The van der Waals surface area contributed by atoms with Gasteiger partial charge in [-0.15, -0.1) is 0 Å². The van der Waals surface area contributed by atoms with E-state index in [1.54, 1.807) is 11.2 Å². The third-order valence-corrected chi connectivity index (χ3v) is 5.62. The number of amides is 3. The number of likely N-dealkylation sites (tertiary alicyclic amines) is 1. The molecule has 2 saturated heterocycles. The Labute approximate surface area is 164 Å². The molecule has 28 heavy (non-hydrogen) atoms. The van der Waals surface area contributed by atoms with Crippen LogP contribution >= 0.6 is 0 Å². The number of alkyl carbamates (subject to hydrolysis) is 1. The number of ether oxygens (including phenoxy) is 1. The van der Waals surface area contributed by atoms with Crippen LogP contribution in [-0.2, 0) is 4.74 Å². The van der Waals surface area contributed by atoms with Gasteiger partial charge in [0.25, 0.3) is 0 Å². The minimum atomic E-state index is -0.439. The molecule has 7 nitrogen and oxygen atoms in total. The van der Waals surface area contributed by atoms with E-state index in [1.165, 1.54) is 5.56 Å². The molecule has 2 aliphatic heterocycles. The maximum absolute atomic E-state index is 12.5. The molecule has 1 spiro atoms. The Bertz CT molecular complexity index is 798. The molecule has 0 unspecified atom stereocenters. The van der Waals surface area contributed by atoms with Gasteiger partial charge >= 0.3 is 12.1 Å². The highest BCUT2D eigenvalue weighted by atomic mass is 16.6. The van der Waals surface area contributed by atoms with E-state index in [0.29, 0.717) is 39.0 Å². The minimum absolute atomic E-state index is 0.0709. The second-order valence-corrected chi connectivity index (χ2v) is 7.41. The molecular weight excluding hydrogens is 358 g/mol. The van der Waals surface area contributed by atoms with E-state index in [-0.39, 0.29) is 18.0 Å². The number of piperidine rings is 1. The number of rotatable bonds is 5. The van der Waals surface area contributed by atoms with Gasteiger partial charge in [-0.25, -0.2) is 9.59 Å². The Hall–Kier alpha value is -2.96. The van der Waals surface area contributed by atoms with Gasteiger partial charge in [0.15, 0.2) is 0 Å². The van der Waals surface area contributed by atoms with Crippen molar-refractivity contribution in [1.82, 2.24) is 15.5 Å². The third-order valence-electron chi connectivity index (χ3n) is 5.62. The lowest BCUT2D eigenvalue weighted by atomic mass is 9.92. The highest BCUT2D eigenvalue weighted by molar-refractivity contribution is 5.74. The molecule has 0 bridgehead atoms. The fourth-order valence-corrected chi connectivity index (χ4v) is 3.98. The molecule has 1 aromatic carbocycles. The zero-order valence-electron chi connectivity index (χ0n) is 15.7. The van der Waals surface area contributed by atoms with Crippen molar-refractivity contribution in [1.29, 1.82) is 0 Å². The van der Waals surface area contributed by atoms with Gasteiger partial charge in [0, 0.05) is 38.4 Å². The van der Waals surface area contributed by atoms with E-state index < -0.39 is 5.60 Å². The first-order valence-corrected chi connectivity index (χ1v) is 9.73. The van der Waals surface area contributed by atoms with E-state index in [4.69, 9.17) is 9.15 Å². The van der Waals surface area contributed by atoms with Gasteiger partial charge in [-0.3, -0.25) is 0 Å². The van der Waals surface area contributed by atoms with Gasteiger partial charge in [-0.05, 0) is 24.1 Å². The van der Waals surface area contributed by atoms with Gasteiger partial charge in [-0.2, -0.15) is 0 Å². The molecule has 2 aromatic rings. The summed E-state index contributed by atoms with van der Waals surface area (Å²) in [5.41, 5.74) is 0.730. The smallest absolute Gasteiger partial charge is 0.407 e. The predicted molar refractivity (Wildman–Crippen MR) is 103 cm³/mol. The van der Waals surface area contributed by atoms with Crippen molar-refractivity contribution in [2.24, 2.45) is 0 Å². The SMILES string of the molecule is O=C1NCC2(CCN(C(=O)NCC[C@@H](c3ccccc3)c3ccco3)CC2)O1. The lowest BCUT2D eigenvalue weighted by molar-refractivity contribution is 0.00978. The summed E-state index contributed by atoms with van der Waals surface area (Å²) in [5, 5.41) is 5.73. The first-order chi connectivity index (χ1) is 13.7. The number of carbonyl (C=O) groups is 2. The molecule has 3 heterocycles.